The Bertz CT molecular complexity index is 540. The lowest BCUT2D eigenvalue weighted by molar-refractivity contribution is 0.583. The molecule has 0 spiro atoms. The molecule has 0 bridgehead atoms. The highest BCUT2D eigenvalue weighted by molar-refractivity contribution is 7.14. The molecule has 1 N–H and O–H groups in total. The van der Waals surface area contributed by atoms with Crippen LogP contribution >= 0.6 is 11.3 Å². The van der Waals surface area contributed by atoms with Crippen LogP contribution in [0.2, 0.25) is 0 Å². The topological polar surface area (TPSA) is 37.8 Å². The Labute approximate surface area is 102 Å². The molecule has 0 fully saturated rings. The van der Waals surface area contributed by atoms with Crippen molar-refractivity contribution in [2.75, 3.05) is 7.05 Å². The van der Waals surface area contributed by atoms with Crippen LogP contribution in [-0.4, -0.2) is 17.2 Å². The molecule has 3 nitrogen and oxygen atoms in total. The maximum absolute atomic E-state index is 13.8. The summed E-state index contributed by atoms with van der Waals surface area (Å²) in [6.07, 6.45) is 0. The zero-order valence-electron chi connectivity index (χ0n) is 9.42. The molecule has 90 valence electrons. The van der Waals surface area contributed by atoms with Crippen molar-refractivity contribution in [3.05, 3.63) is 34.3 Å². The normalized spacial score (nSPS) is 10.8. The van der Waals surface area contributed by atoms with E-state index in [4.69, 9.17) is 0 Å². The van der Waals surface area contributed by atoms with Crippen LogP contribution in [0.25, 0.3) is 10.6 Å². The summed E-state index contributed by atoms with van der Waals surface area (Å²) < 4.78 is 27.4. The zero-order chi connectivity index (χ0) is 12.4. The number of hydrogen-bond donors (Lipinski definition) is 1. The lowest BCUT2D eigenvalue weighted by Gasteiger charge is -2.03. The van der Waals surface area contributed by atoms with Crippen molar-refractivity contribution < 1.29 is 8.78 Å². The summed E-state index contributed by atoms with van der Waals surface area (Å²) in [4.78, 5) is 0. The van der Waals surface area contributed by atoms with Crippen LogP contribution in [0, 0.1) is 18.6 Å². The van der Waals surface area contributed by atoms with Gasteiger partial charge in [-0.2, -0.15) is 0 Å². The van der Waals surface area contributed by atoms with Gasteiger partial charge in [0.2, 0.25) is 0 Å². The fraction of sp³-hybridized carbons (Fsp3) is 0.273. The van der Waals surface area contributed by atoms with Crippen LogP contribution in [0.1, 0.15) is 10.6 Å². The quantitative estimate of drug-likeness (QED) is 0.915. The van der Waals surface area contributed by atoms with Gasteiger partial charge >= 0.3 is 0 Å². The SMILES string of the molecule is CNCc1nnc(-c2c(F)ccc(C)c2F)s1. The number of nitrogens with one attached hydrogen (secondary N) is 1. The van der Waals surface area contributed by atoms with Gasteiger partial charge in [-0.25, -0.2) is 8.78 Å². The Morgan fingerprint density at radius 1 is 1.29 bits per heavy atom. The molecular weight excluding hydrogens is 244 g/mol. The van der Waals surface area contributed by atoms with Gasteiger partial charge in [-0.3, -0.25) is 0 Å². The van der Waals surface area contributed by atoms with Gasteiger partial charge in [0.05, 0.1) is 5.56 Å². The fourth-order valence-electron chi connectivity index (χ4n) is 1.43. The molecular formula is C11H11F2N3S. The predicted octanol–water partition coefficient (Wildman–Crippen LogP) is 2.51. The Hall–Kier alpha value is -1.40. The van der Waals surface area contributed by atoms with Gasteiger partial charge in [0.15, 0.2) is 5.01 Å². The molecule has 1 aromatic carbocycles. The molecule has 0 saturated carbocycles. The Kier molecular flexibility index (Phi) is 3.44. The van der Waals surface area contributed by atoms with E-state index in [1.807, 2.05) is 0 Å². The van der Waals surface area contributed by atoms with E-state index in [-0.39, 0.29) is 10.6 Å². The number of rotatable bonds is 3. The molecule has 2 aromatic rings. The lowest BCUT2D eigenvalue weighted by Crippen LogP contribution is -2.04. The highest BCUT2D eigenvalue weighted by atomic mass is 32.1. The molecule has 0 atom stereocenters. The van der Waals surface area contributed by atoms with Crippen molar-refractivity contribution in [1.82, 2.24) is 15.5 Å². The van der Waals surface area contributed by atoms with Gasteiger partial charge in [-0.1, -0.05) is 17.4 Å². The average molecular weight is 255 g/mol. The number of aromatic nitrogens is 2. The molecule has 1 heterocycles. The van der Waals surface area contributed by atoms with E-state index in [2.05, 4.69) is 15.5 Å². The van der Waals surface area contributed by atoms with E-state index in [1.54, 1.807) is 14.0 Å². The van der Waals surface area contributed by atoms with E-state index in [1.165, 1.54) is 23.5 Å². The number of aryl methyl sites for hydroxylation is 1. The number of benzene rings is 1. The van der Waals surface area contributed by atoms with Crippen molar-refractivity contribution in [3.8, 4) is 10.6 Å². The van der Waals surface area contributed by atoms with E-state index >= 15 is 0 Å². The van der Waals surface area contributed by atoms with Crippen molar-refractivity contribution in [3.63, 3.8) is 0 Å². The molecule has 0 aliphatic heterocycles. The first-order valence-corrected chi connectivity index (χ1v) is 5.87. The van der Waals surface area contributed by atoms with Crippen LogP contribution in [0.3, 0.4) is 0 Å². The largest absolute Gasteiger partial charge is 0.313 e. The third-order valence-electron chi connectivity index (χ3n) is 2.29. The van der Waals surface area contributed by atoms with Crippen molar-refractivity contribution in [2.45, 2.75) is 13.5 Å². The van der Waals surface area contributed by atoms with Gasteiger partial charge in [-0.05, 0) is 25.6 Å². The summed E-state index contributed by atoms with van der Waals surface area (Å²) >= 11 is 1.18. The fourth-order valence-corrected chi connectivity index (χ4v) is 2.32. The molecule has 0 radical (unpaired) electrons. The van der Waals surface area contributed by atoms with E-state index < -0.39 is 11.6 Å². The highest BCUT2D eigenvalue weighted by Crippen LogP contribution is 2.30. The number of nitrogens with zero attached hydrogens (tertiary/aromatic N) is 2. The second kappa shape index (κ2) is 4.85. The summed E-state index contributed by atoms with van der Waals surface area (Å²) in [5, 5.41) is 11.6. The smallest absolute Gasteiger partial charge is 0.153 e. The minimum atomic E-state index is -0.611. The molecule has 0 unspecified atom stereocenters. The minimum Gasteiger partial charge on any atom is -0.313 e. The first-order valence-electron chi connectivity index (χ1n) is 5.05. The molecule has 2 rings (SSSR count). The second-order valence-corrected chi connectivity index (χ2v) is 4.65. The molecule has 0 saturated heterocycles. The predicted molar refractivity (Wildman–Crippen MR) is 62.8 cm³/mol. The monoisotopic (exact) mass is 255 g/mol. The van der Waals surface area contributed by atoms with E-state index in [9.17, 15) is 8.78 Å². The van der Waals surface area contributed by atoms with Gasteiger partial charge < -0.3 is 5.32 Å². The second-order valence-electron chi connectivity index (χ2n) is 3.58. The Morgan fingerprint density at radius 3 is 2.76 bits per heavy atom. The molecule has 6 heteroatoms. The van der Waals surface area contributed by atoms with E-state index in [0.717, 1.165) is 0 Å². The van der Waals surface area contributed by atoms with Crippen LogP contribution in [0.15, 0.2) is 12.1 Å². The molecule has 0 amide bonds. The van der Waals surface area contributed by atoms with Gasteiger partial charge in [0.1, 0.15) is 16.6 Å². The Balaban J connectivity index is 2.48. The first-order chi connectivity index (χ1) is 8.13. The maximum Gasteiger partial charge on any atom is 0.153 e. The summed E-state index contributed by atoms with van der Waals surface area (Å²) in [7, 11) is 1.77. The molecule has 17 heavy (non-hydrogen) atoms. The third kappa shape index (κ3) is 2.32. The van der Waals surface area contributed by atoms with E-state index in [0.29, 0.717) is 17.1 Å². The van der Waals surface area contributed by atoms with Crippen molar-refractivity contribution in [1.29, 1.82) is 0 Å². The standard InChI is InChI=1S/C11H11F2N3S/c1-6-3-4-7(12)9(10(6)13)11-16-15-8(17-11)5-14-2/h3-4,14H,5H2,1-2H3. The first kappa shape index (κ1) is 12.1. The average Bonchev–Trinajstić information content (AvgIpc) is 2.73. The number of halogens is 2. The number of hydrogen-bond acceptors (Lipinski definition) is 4. The van der Waals surface area contributed by atoms with Crippen molar-refractivity contribution >= 4 is 11.3 Å². The third-order valence-corrected chi connectivity index (χ3v) is 3.23. The minimum absolute atomic E-state index is 0.0927. The highest BCUT2D eigenvalue weighted by Gasteiger charge is 2.17. The van der Waals surface area contributed by atoms with Gasteiger partial charge in [0, 0.05) is 6.54 Å². The van der Waals surface area contributed by atoms with Gasteiger partial charge in [-0.15, -0.1) is 10.2 Å². The zero-order valence-corrected chi connectivity index (χ0v) is 10.2. The van der Waals surface area contributed by atoms with Crippen LogP contribution in [-0.2, 0) is 6.54 Å². The van der Waals surface area contributed by atoms with Crippen LogP contribution < -0.4 is 5.32 Å². The summed E-state index contributed by atoms with van der Waals surface area (Å²) in [6, 6.07) is 2.65. The molecule has 1 aromatic heterocycles. The Morgan fingerprint density at radius 2 is 2.06 bits per heavy atom. The van der Waals surface area contributed by atoms with Crippen molar-refractivity contribution in [2.24, 2.45) is 0 Å². The summed E-state index contributed by atoms with van der Waals surface area (Å²) in [5.41, 5.74) is 0.302. The van der Waals surface area contributed by atoms with Gasteiger partial charge in [0.25, 0.3) is 0 Å². The summed E-state index contributed by atoms with van der Waals surface area (Å²) in [6.45, 7) is 2.13. The lowest BCUT2D eigenvalue weighted by atomic mass is 10.1. The van der Waals surface area contributed by atoms with Crippen LogP contribution in [0.4, 0.5) is 8.78 Å². The molecule has 0 aliphatic carbocycles. The summed E-state index contributed by atoms with van der Waals surface area (Å²) in [5.74, 6) is -1.18. The maximum atomic E-state index is 13.8. The molecule has 0 aliphatic rings. The van der Waals surface area contributed by atoms with Crippen LogP contribution in [0.5, 0.6) is 0 Å².